The Kier molecular flexibility index (Phi) is 3.88. The van der Waals surface area contributed by atoms with Crippen LogP contribution in [0.25, 0.3) is 0 Å². The Labute approximate surface area is 110 Å². The fourth-order valence-electron chi connectivity index (χ4n) is 4.06. The van der Waals surface area contributed by atoms with Crippen LogP contribution < -0.4 is 5.32 Å². The van der Waals surface area contributed by atoms with E-state index in [1.165, 1.54) is 57.8 Å². The van der Waals surface area contributed by atoms with E-state index in [9.17, 15) is 4.79 Å². The molecule has 3 nitrogen and oxygen atoms in total. The molecule has 2 heterocycles. The molecule has 3 rings (SSSR count). The maximum Gasteiger partial charge on any atom is 0.224 e. The highest BCUT2D eigenvalue weighted by Crippen LogP contribution is 2.30. The maximum absolute atomic E-state index is 11.9. The summed E-state index contributed by atoms with van der Waals surface area (Å²) in [4.78, 5) is 14.0. The van der Waals surface area contributed by atoms with Gasteiger partial charge in [0.1, 0.15) is 0 Å². The fraction of sp³-hybridized carbons (Fsp3) is 0.933. The topological polar surface area (TPSA) is 32.3 Å². The summed E-state index contributed by atoms with van der Waals surface area (Å²) < 4.78 is 0. The molecule has 18 heavy (non-hydrogen) atoms. The first-order valence-corrected chi connectivity index (χ1v) is 7.90. The molecule has 2 unspecified atom stereocenters. The van der Waals surface area contributed by atoms with Gasteiger partial charge >= 0.3 is 0 Å². The van der Waals surface area contributed by atoms with Gasteiger partial charge in [0.05, 0.1) is 0 Å². The van der Waals surface area contributed by atoms with Gasteiger partial charge in [-0.15, -0.1) is 0 Å². The summed E-state index contributed by atoms with van der Waals surface area (Å²) in [6.45, 7) is 1.01. The van der Waals surface area contributed by atoms with Crippen molar-refractivity contribution in [3.63, 3.8) is 0 Å². The highest BCUT2D eigenvalue weighted by atomic mass is 16.2. The number of amides is 1. The van der Waals surface area contributed by atoms with E-state index < -0.39 is 0 Å². The molecule has 0 spiro atoms. The summed E-state index contributed by atoms with van der Waals surface area (Å²) >= 11 is 0. The second-order valence-electron chi connectivity index (χ2n) is 6.32. The Balaban J connectivity index is 1.56. The van der Waals surface area contributed by atoms with E-state index in [4.69, 9.17) is 0 Å². The van der Waals surface area contributed by atoms with E-state index >= 15 is 0 Å². The third-order valence-corrected chi connectivity index (χ3v) is 5.03. The monoisotopic (exact) mass is 250 g/mol. The van der Waals surface area contributed by atoms with Gasteiger partial charge in [0.15, 0.2) is 0 Å². The number of hydrogen-bond acceptors (Lipinski definition) is 2. The summed E-state index contributed by atoms with van der Waals surface area (Å²) in [5.41, 5.74) is 0. The van der Waals surface area contributed by atoms with Crippen LogP contribution in [0.5, 0.6) is 0 Å². The molecule has 2 atom stereocenters. The van der Waals surface area contributed by atoms with Gasteiger partial charge in [0, 0.05) is 31.1 Å². The highest BCUT2D eigenvalue weighted by molar-refractivity contribution is 5.80. The first kappa shape index (κ1) is 12.5. The molecule has 1 amide bonds. The number of rotatable bonds is 2. The van der Waals surface area contributed by atoms with Crippen molar-refractivity contribution in [3.8, 4) is 0 Å². The average molecular weight is 250 g/mol. The number of carbonyl (C=O) groups is 1. The molecule has 0 bridgehead atoms. The molecule has 1 saturated carbocycles. The van der Waals surface area contributed by atoms with E-state index in [-0.39, 0.29) is 0 Å². The lowest BCUT2D eigenvalue weighted by molar-refractivity contribution is -0.127. The summed E-state index contributed by atoms with van der Waals surface area (Å²) in [7, 11) is 0. The van der Waals surface area contributed by atoms with Crippen molar-refractivity contribution in [2.45, 2.75) is 82.3 Å². The normalized spacial score (nSPS) is 34.4. The molecule has 1 aliphatic carbocycles. The lowest BCUT2D eigenvalue weighted by atomic mass is 9.95. The van der Waals surface area contributed by atoms with Crippen LogP contribution in [-0.4, -0.2) is 35.5 Å². The molecule has 2 aliphatic heterocycles. The van der Waals surface area contributed by atoms with Crippen molar-refractivity contribution in [2.24, 2.45) is 0 Å². The minimum Gasteiger partial charge on any atom is -0.338 e. The second-order valence-corrected chi connectivity index (χ2v) is 6.32. The molecule has 3 fully saturated rings. The largest absolute Gasteiger partial charge is 0.338 e. The maximum atomic E-state index is 11.9. The predicted molar refractivity (Wildman–Crippen MR) is 72.4 cm³/mol. The number of carbonyl (C=O) groups excluding carboxylic acids is 1. The molecule has 0 aromatic rings. The third kappa shape index (κ3) is 2.56. The number of nitrogens with one attached hydrogen (secondary N) is 1. The Bertz CT molecular complexity index is 297. The van der Waals surface area contributed by atoms with Gasteiger partial charge < -0.3 is 10.2 Å². The van der Waals surface area contributed by atoms with Crippen molar-refractivity contribution < 1.29 is 4.79 Å². The van der Waals surface area contributed by atoms with Crippen LogP contribution in [0, 0.1) is 0 Å². The second kappa shape index (κ2) is 5.60. The lowest BCUT2D eigenvalue weighted by Crippen LogP contribution is -2.44. The summed E-state index contributed by atoms with van der Waals surface area (Å²) in [6.07, 6.45) is 12.8. The molecule has 102 valence electrons. The van der Waals surface area contributed by atoms with Crippen LogP contribution in [0.1, 0.15) is 64.2 Å². The predicted octanol–water partition coefficient (Wildman–Crippen LogP) is 2.45. The van der Waals surface area contributed by atoms with E-state index in [0.29, 0.717) is 24.0 Å². The minimum absolute atomic E-state index is 0.390. The summed E-state index contributed by atoms with van der Waals surface area (Å²) in [6, 6.07) is 1.64. The molecule has 1 N–H and O–H groups in total. The van der Waals surface area contributed by atoms with Crippen molar-refractivity contribution in [3.05, 3.63) is 0 Å². The molecule has 3 heteroatoms. The third-order valence-electron chi connectivity index (χ3n) is 5.03. The molecular weight excluding hydrogens is 224 g/mol. The summed E-state index contributed by atoms with van der Waals surface area (Å²) in [5.74, 6) is 0.390. The van der Waals surface area contributed by atoms with E-state index in [0.717, 1.165) is 13.0 Å². The molecular formula is C15H26N2O. The molecule has 0 aromatic carbocycles. The lowest BCUT2D eigenvalue weighted by Gasteiger charge is -2.28. The van der Waals surface area contributed by atoms with Crippen LogP contribution >= 0.6 is 0 Å². The molecule has 0 radical (unpaired) electrons. The van der Waals surface area contributed by atoms with Gasteiger partial charge in [-0.05, 0) is 25.7 Å². The van der Waals surface area contributed by atoms with E-state index in [2.05, 4.69) is 10.2 Å². The fourth-order valence-corrected chi connectivity index (χ4v) is 4.06. The van der Waals surface area contributed by atoms with Crippen LogP contribution in [0.3, 0.4) is 0 Å². The quantitative estimate of drug-likeness (QED) is 0.816. The van der Waals surface area contributed by atoms with Gasteiger partial charge in [-0.3, -0.25) is 4.79 Å². The van der Waals surface area contributed by atoms with Crippen LogP contribution in [0.15, 0.2) is 0 Å². The number of nitrogens with zero attached hydrogens (tertiary/aromatic N) is 1. The zero-order valence-electron chi connectivity index (χ0n) is 11.4. The van der Waals surface area contributed by atoms with E-state index in [1.54, 1.807) is 0 Å². The smallest absolute Gasteiger partial charge is 0.224 e. The Morgan fingerprint density at radius 2 is 1.67 bits per heavy atom. The first-order valence-electron chi connectivity index (χ1n) is 7.90. The van der Waals surface area contributed by atoms with Crippen molar-refractivity contribution in [2.75, 3.05) is 6.54 Å². The Hall–Kier alpha value is -0.570. The van der Waals surface area contributed by atoms with Gasteiger partial charge in [0.2, 0.25) is 5.91 Å². The van der Waals surface area contributed by atoms with Crippen molar-refractivity contribution in [1.82, 2.24) is 10.2 Å². The summed E-state index contributed by atoms with van der Waals surface area (Å²) in [5, 5.41) is 3.82. The standard InChI is InChI=1S/C15H26N2O/c18-15-11-13(14-9-6-10-17(14)15)16-12-7-4-2-1-3-5-8-12/h12-14,16H,1-11H2. The first-order chi connectivity index (χ1) is 8.84. The number of fused-ring (bicyclic) bond motifs is 1. The van der Waals surface area contributed by atoms with E-state index in [1.807, 2.05) is 0 Å². The van der Waals surface area contributed by atoms with Crippen LogP contribution in [-0.2, 0) is 4.79 Å². The molecule has 3 aliphatic rings. The highest BCUT2D eigenvalue weighted by Gasteiger charge is 2.42. The average Bonchev–Trinajstić information content (AvgIpc) is 2.88. The Morgan fingerprint density at radius 1 is 0.944 bits per heavy atom. The Morgan fingerprint density at radius 3 is 2.44 bits per heavy atom. The van der Waals surface area contributed by atoms with Crippen molar-refractivity contribution in [1.29, 1.82) is 0 Å². The molecule has 0 aromatic heterocycles. The molecule has 2 saturated heterocycles. The minimum atomic E-state index is 0.390. The van der Waals surface area contributed by atoms with Gasteiger partial charge in [-0.1, -0.05) is 32.1 Å². The van der Waals surface area contributed by atoms with Gasteiger partial charge in [-0.25, -0.2) is 0 Å². The van der Waals surface area contributed by atoms with Gasteiger partial charge in [0.25, 0.3) is 0 Å². The van der Waals surface area contributed by atoms with Gasteiger partial charge in [-0.2, -0.15) is 0 Å². The zero-order chi connectivity index (χ0) is 12.4. The number of hydrogen-bond donors (Lipinski definition) is 1. The van der Waals surface area contributed by atoms with Crippen LogP contribution in [0.2, 0.25) is 0 Å². The zero-order valence-corrected chi connectivity index (χ0v) is 11.4. The van der Waals surface area contributed by atoms with Crippen LogP contribution in [0.4, 0.5) is 0 Å². The van der Waals surface area contributed by atoms with Crippen molar-refractivity contribution >= 4 is 5.91 Å². The SMILES string of the molecule is O=C1CC(NC2CCCCCCC2)C2CCCN12.